The van der Waals surface area contributed by atoms with Crippen molar-refractivity contribution in [3.05, 3.63) is 29.3 Å². The van der Waals surface area contributed by atoms with E-state index < -0.39 is 10.0 Å². The van der Waals surface area contributed by atoms with E-state index in [9.17, 15) is 8.42 Å². The second kappa shape index (κ2) is 6.87. The lowest BCUT2D eigenvalue weighted by molar-refractivity contribution is 0.107. The number of rotatable bonds is 6. The Hall–Kier alpha value is -0.950. The van der Waals surface area contributed by atoms with Gasteiger partial charge in [0.1, 0.15) is 0 Å². The first kappa shape index (κ1) is 16.4. The Morgan fingerprint density at radius 2 is 2.14 bits per heavy atom. The second-order valence-corrected chi connectivity index (χ2v) is 7.28. The summed E-state index contributed by atoms with van der Waals surface area (Å²) < 4.78 is 33.2. The molecule has 0 bridgehead atoms. The van der Waals surface area contributed by atoms with Crippen molar-refractivity contribution in [3.63, 3.8) is 0 Å². The van der Waals surface area contributed by atoms with E-state index in [1.165, 1.54) is 0 Å². The summed E-state index contributed by atoms with van der Waals surface area (Å²) in [4.78, 5) is 0.363. The van der Waals surface area contributed by atoms with Crippen LogP contribution in [0.15, 0.2) is 23.1 Å². The van der Waals surface area contributed by atoms with Crippen LogP contribution in [-0.4, -0.2) is 34.7 Å². The quantitative estimate of drug-likeness (QED) is 0.833. The van der Waals surface area contributed by atoms with Crippen LogP contribution in [0.25, 0.3) is 0 Å². The highest BCUT2D eigenvalue weighted by Crippen LogP contribution is 2.22. The summed E-state index contributed by atoms with van der Waals surface area (Å²) in [5, 5.41) is 3.05. The van der Waals surface area contributed by atoms with Gasteiger partial charge in [-0.15, -0.1) is 0 Å². The molecule has 2 atom stereocenters. The van der Waals surface area contributed by atoms with Crippen LogP contribution in [0.1, 0.15) is 24.5 Å². The van der Waals surface area contributed by atoms with Gasteiger partial charge in [-0.05, 0) is 44.5 Å². The molecule has 0 aromatic heterocycles. The van der Waals surface area contributed by atoms with Crippen molar-refractivity contribution in [3.8, 4) is 0 Å². The molecule has 2 unspecified atom stereocenters. The highest BCUT2D eigenvalue weighted by Gasteiger charge is 2.26. The van der Waals surface area contributed by atoms with E-state index >= 15 is 0 Å². The third-order valence-corrected chi connectivity index (χ3v) is 5.69. The van der Waals surface area contributed by atoms with E-state index in [-0.39, 0.29) is 12.0 Å². The minimum atomic E-state index is -3.48. The van der Waals surface area contributed by atoms with Gasteiger partial charge < -0.3 is 10.1 Å². The van der Waals surface area contributed by atoms with Gasteiger partial charge in [-0.3, -0.25) is 0 Å². The van der Waals surface area contributed by atoms with Crippen LogP contribution in [0, 0.1) is 12.8 Å². The van der Waals surface area contributed by atoms with Gasteiger partial charge in [-0.2, -0.15) is 0 Å². The molecule has 0 amide bonds. The van der Waals surface area contributed by atoms with Crippen LogP contribution in [0.5, 0.6) is 0 Å². The standard InChI is InChI=1S/C15H24N2O3S/c1-11-13(9-16-3)5-4-6-15(11)21(18,19)17-10-14-7-8-20-12(14)2/h4-6,12,14,16-17H,7-10H2,1-3H3. The van der Waals surface area contributed by atoms with Crippen LogP contribution in [0.4, 0.5) is 0 Å². The molecule has 0 radical (unpaired) electrons. The van der Waals surface area contributed by atoms with Gasteiger partial charge in [0.15, 0.2) is 0 Å². The first-order chi connectivity index (χ1) is 9.95. The summed E-state index contributed by atoms with van der Waals surface area (Å²) in [7, 11) is -1.63. The highest BCUT2D eigenvalue weighted by atomic mass is 32.2. The molecule has 1 heterocycles. The number of nitrogens with one attached hydrogen (secondary N) is 2. The van der Waals surface area contributed by atoms with Gasteiger partial charge in [0.2, 0.25) is 10.0 Å². The Kier molecular flexibility index (Phi) is 5.37. The fourth-order valence-electron chi connectivity index (χ4n) is 2.67. The van der Waals surface area contributed by atoms with Crippen molar-refractivity contribution in [2.24, 2.45) is 5.92 Å². The van der Waals surface area contributed by atoms with Gasteiger partial charge in [0.05, 0.1) is 11.0 Å². The normalized spacial score (nSPS) is 22.6. The van der Waals surface area contributed by atoms with Crippen molar-refractivity contribution in [2.75, 3.05) is 20.2 Å². The maximum absolute atomic E-state index is 12.5. The van der Waals surface area contributed by atoms with E-state index in [0.29, 0.717) is 24.6 Å². The van der Waals surface area contributed by atoms with Crippen molar-refractivity contribution >= 4 is 10.0 Å². The van der Waals surface area contributed by atoms with E-state index in [0.717, 1.165) is 17.5 Å². The fourth-order valence-corrected chi connectivity index (χ4v) is 4.05. The van der Waals surface area contributed by atoms with Gasteiger partial charge in [0.25, 0.3) is 0 Å². The molecule has 21 heavy (non-hydrogen) atoms. The summed E-state index contributed by atoms with van der Waals surface area (Å²) >= 11 is 0. The number of benzene rings is 1. The topological polar surface area (TPSA) is 67.4 Å². The smallest absolute Gasteiger partial charge is 0.240 e. The first-order valence-electron chi connectivity index (χ1n) is 7.30. The molecule has 2 N–H and O–H groups in total. The Labute approximate surface area is 127 Å². The molecule has 118 valence electrons. The SMILES string of the molecule is CNCc1cccc(S(=O)(=O)NCC2CCOC2C)c1C. The zero-order chi connectivity index (χ0) is 15.5. The fraction of sp³-hybridized carbons (Fsp3) is 0.600. The zero-order valence-corrected chi connectivity index (χ0v) is 13.7. The van der Waals surface area contributed by atoms with Gasteiger partial charge in [-0.1, -0.05) is 12.1 Å². The Morgan fingerprint density at radius 3 is 2.76 bits per heavy atom. The zero-order valence-electron chi connectivity index (χ0n) is 12.8. The third kappa shape index (κ3) is 3.83. The highest BCUT2D eigenvalue weighted by molar-refractivity contribution is 7.89. The number of ether oxygens (including phenoxy) is 1. The average molecular weight is 312 g/mol. The van der Waals surface area contributed by atoms with Crippen molar-refractivity contribution < 1.29 is 13.2 Å². The molecule has 1 fully saturated rings. The molecule has 1 aromatic carbocycles. The van der Waals surface area contributed by atoms with E-state index in [2.05, 4.69) is 10.0 Å². The molecular formula is C15H24N2O3S. The van der Waals surface area contributed by atoms with Crippen LogP contribution in [0.2, 0.25) is 0 Å². The molecule has 1 aliphatic heterocycles. The predicted molar refractivity (Wildman–Crippen MR) is 82.7 cm³/mol. The third-order valence-electron chi connectivity index (χ3n) is 4.12. The van der Waals surface area contributed by atoms with Gasteiger partial charge in [-0.25, -0.2) is 13.1 Å². The summed E-state index contributed by atoms with van der Waals surface area (Å²) in [5.74, 6) is 0.251. The average Bonchev–Trinajstić information content (AvgIpc) is 2.84. The van der Waals surface area contributed by atoms with Crippen LogP contribution in [-0.2, 0) is 21.3 Å². The van der Waals surface area contributed by atoms with Gasteiger partial charge in [0, 0.05) is 25.6 Å². The number of hydrogen-bond acceptors (Lipinski definition) is 4. The lowest BCUT2D eigenvalue weighted by Crippen LogP contribution is -2.32. The summed E-state index contributed by atoms with van der Waals surface area (Å²) in [6.07, 6.45) is 1.02. The van der Waals surface area contributed by atoms with Crippen molar-refractivity contribution in [1.82, 2.24) is 10.0 Å². The lowest BCUT2D eigenvalue weighted by atomic mass is 10.0. The maximum Gasteiger partial charge on any atom is 0.240 e. The summed E-state index contributed by atoms with van der Waals surface area (Å²) in [5.41, 5.74) is 1.80. The molecule has 5 nitrogen and oxygen atoms in total. The minimum Gasteiger partial charge on any atom is -0.378 e. The van der Waals surface area contributed by atoms with E-state index in [1.807, 2.05) is 27.0 Å². The summed E-state index contributed by atoms with van der Waals surface area (Å²) in [6, 6.07) is 5.39. The number of hydrogen-bond donors (Lipinski definition) is 2. The maximum atomic E-state index is 12.5. The monoisotopic (exact) mass is 312 g/mol. The van der Waals surface area contributed by atoms with Gasteiger partial charge >= 0.3 is 0 Å². The molecular weight excluding hydrogens is 288 g/mol. The Balaban J connectivity index is 2.14. The van der Waals surface area contributed by atoms with Crippen molar-refractivity contribution in [1.29, 1.82) is 0 Å². The molecule has 1 aliphatic rings. The predicted octanol–water partition coefficient (Wildman–Crippen LogP) is 1.42. The van der Waals surface area contributed by atoms with Crippen LogP contribution >= 0.6 is 0 Å². The van der Waals surface area contributed by atoms with E-state index in [4.69, 9.17) is 4.74 Å². The second-order valence-electron chi connectivity index (χ2n) is 5.55. The molecule has 0 aliphatic carbocycles. The van der Waals surface area contributed by atoms with Crippen LogP contribution in [0.3, 0.4) is 0 Å². The van der Waals surface area contributed by atoms with E-state index in [1.54, 1.807) is 12.1 Å². The van der Waals surface area contributed by atoms with Crippen molar-refractivity contribution in [2.45, 2.75) is 37.8 Å². The minimum absolute atomic E-state index is 0.115. The molecule has 6 heteroatoms. The largest absolute Gasteiger partial charge is 0.378 e. The molecule has 0 saturated carbocycles. The first-order valence-corrected chi connectivity index (χ1v) is 8.78. The molecule has 0 spiro atoms. The summed E-state index contributed by atoms with van der Waals surface area (Å²) in [6.45, 7) is 5.64. The Bertz CT molecular complexity index is 587. The lowest BCUT2D eigenvalue weighted by Gasteiger charge is -2.16. The molecule has 2 rings (SSSR count). The Morgan fingerprint density at radius 1 is 1.38 bits per heavy atom. The molecule has 1 saturated heterocycles. The molecule has 1 aromatic rings. The number of sulfonamides is 1. The van der Waals surface area contributed by atoms with Crippen LogP contribution < -0.4 is 10.0 Å².